The van der Waals surface area contributed by atoms with Crippen molar-refractivity contribution in [1.82, 2.24) is 24.5 Å². The molecular weight excluding hydrogens is 377 g/mol. The zero-order valence-electron chi connectivity index (χ0n) is 14.3. The molecule has 0 saturated carbocycles. The standard InChI is InChI=1S/C14H16ClF3N6O2/c1-5-24-10(13(26)22(2)3)7(6-19-24)20-12(25)9-8(15)11(14(16,17)18)23(4)21-9/h6H,5H2,1-4H3,(H,20,25). The Morgan fingerprint density at radius 1 is 1.35 bits per heavy atom. The molecule has 0 unspecified atom stereocenters. The average molecular weight is 393 g/mol. The summed E-state index contributed by atoms with van der Waals surface area (Å²) in [5.41, 5.74) is -1.70. The second-order valence-electron chi connectivity index (χ2n) is 5.51. The Morgan fingerprint density at radius 3 is 2.42 bits per heavy atom. The highest BCUT2D eigenvalue weighted by atomic mass is 35.5. The van der Waals surface area contributed by atoms with Gasteiger partial charge in [0.25, 0.3) is 11.8 Å². The normalized spacial score (nSPS) is 11.5. The molecule has 0 saturated heterocycles. The third kappa shape index (κ3) is 3.52. The van der Waals surface area contributed by atoms with Crippen molar-refractivity contribution in [2.75, 3.05) is 19.4 Å². The van der Waals surface area contributed by atoms with E-state index in [1.54, 1.807) is 6.92 Å². The predicted octanol–water partition coefficient (Wildman–Crippen LogP) is 2.26. The number of halogens is 4. The summed E-state index contributed by atoms with van der Waals surface area (Å²) in [6, 6.07) is 0. The van der Waals surface area contributed by atoms with Crippen LogP contribution in [0.5, 0.6) is 0 Å². The van der Waals surface area contributed by atoms with Crippen molar-refractivity contribution in [3.63, 3.8) is 0 Å². The van der Waals surface area contributed by atoms with Crippen molar-refractivity contribution in [2.24, 2.45) is 7.05 Å². The molecule has 0 fully saturated rings. The number of alkyl halides is 3. The van der Waals surface area contributed by atoms with E-state index in [0.29, 0.717) is 11.2 Å². The van der Waals surface area contributed by atoms with Gasteiger partial charge < -0.3 is 10.2 Å². The van der Waals surface area contributed by atoms with Crippen LogP contribution in [-0.4, -0.2) is 50.4 Å². The first kappa shape index (κ1) is 19.8. The SMILES string of the molecule is CCn1ncc(NC(=O)c2nn(C)c(C(F)(F)F)c2Cl)c1C(=O)N(C)C. The first-order valence-corrected chi connectivity index (χ1v) is 7.75. The number of nitrogens with zero attached hydrogens (tertiary/aromatic N) is 5. The average Bonchev–Trinajstić information content (AvgIpc) is 3.06. The Balaban J connectivity index is 2.41. The van der Waals surface area contributed by atoms with E-state index in [9.17, 15) is 22.8 Å². The summed E-state index contributed by atoms with van der Waals surface area (Å²) in [6.45, 7) is 2.10. The van der Waals surface area contributed by atoms with Crippen LogP contribution in [0, 0.1) is 0 Å². The van der Waals surface area contributed by atoms with Crippen LogP contribution in [0.1, 0.15) is 33.6 Å². The van der Waals surface area contributed by atoms with Crippen molar-refractivity contribution >= 4 is 29.1 Å². The van der Waals surface area contributed by atoms with E-state index in [2.05, 4.69) is 15.5 Å². The Bertz CT molecular complexity index is 856. The highest BCUT2D eigenvalue weighted by Gasteiger charge is 2.40. The quantitative estimate of drug-likeness (QED) is 0.865. The number of aromatic nitrogens is 4. The van der Waals surface area contributed by atoms with Gasteiger partial charge in [-0.1, -0.05) is 11.6 Å². The summed E-state index contributed by atoms with van der Waals surface area (Å²) in [5.74, 6) is -1.41. The number of nitrogens with one attached hydrogen (secondary N) is 1. The lowest BCUT2D eigenvalue weighted by Gasteiger charge is -2.13. The van der Waals surface area contributed by atoms with Crippen molar-refractivity contribution in [3.05, 3.63) is 28.3 Å². The number of anilines is 1. The molecule has 0 bridgehead atoms. The van der Waals surface area contributed by atoms with Crippen LogP contribution in [0.2, 0.25) is 5.02 Å². The maximum Gasteiger partial charge on any atom is 0.434 e. The molecule has 0 aliphatic rings. The minimum atomic E-state index is -4.77. The number of hydrogen-bond donors (Lipinski definition) is 1. The van der Waals surface area contributed by atoms with E-state index in [0.717, 1.165) is 7.05 Å². The summed E-state index contributed by atoms with van der Waals surface area (Å²) in [5, 5.41) is 9.06. The van der Waals surface area contributed by atoms with E-state index in [4.69, 9.17) is 11.6 Å². The number of rotatable bonds is 4. The predicted molar refractivity (Wildman–Crippen MR) is 87.1 cm³/mol. The molecule has 0 aliphatic heterocycles. The molecule has 0 atom stereocenters. The minimum absolute atomic E-state index is 0.0471. The van der Waals surface area contributed by atoms with E-state index in [1.165, 1.54) is 29.9 Å². The van der Waals surface area contributed by atoms with Gasteiger partial charge in [0.15, 0.2) is 11.4 Å². The van der Waals surface area contributed by atoms with Gasteiger partial charge in [-0.3, -0.25) is 19.0 Å². The van der Waals surface area contributed by atoms with Crippen LogP contribution in [0.15, 0.2) is 6.20 Å². The molecule has 2 amide bonds. The maximum absolute atomic E-state index is 13.0. The smallest absolute Gasteiger partial charge is 0.343 e. The number of carbonyl (C=O) groups is 2. The fourth-order valence-electron chi connectivity index (χ4n) is 2.29. The molecule has 26 heavy (non-hydrogen) atoms. The van der Waals surface area contributed by atoms with Gasteiger partial charge in [0.1, 0.15) is 10.7 Å². The lowest BCUT2D eigenvalue weighted by molar-refractivity contribution is -0.143. The molecule has 0 aromatic carbocycles. The molecule has 1 N–H and O–H groups in total. The van der Waals surface area contributed by atoms with Crippen LogP contribution < -0.4 is 5.32 Å². The Labute approximate surface area is 151 Å². The van der Waals surface area contributed by atoms with E-state index in [1.807, 2.05) is 0 Å². The molecule has 0 aliphatic carbocycles. The first-order chi connectivity index (χ1) is 12.0. The topological polar surface area (TPSA) is 85.0 Å². The molecule has 0 spiro atoms. The monoisotopic (exact) mass is 392 g/mol. The Kier molecular flexibility index (Phi) is 5.31. The molecule has 0 radical (unpaired) electrons. The molecule has 142 valence electrons. The Hall–Kier alpha value is -2.56. The van der Waals surface area contributed by atoms with Crippen molar-refractivity contribution in [2.45, 2.75) is 19.6 Å². The van der Waals surface area contributed by atoms with E-state index in [-0.39, 0.29) is 11.4 Å². The van der Waals surface area contributed by atoms with Gasteiger partial charge in [0, 0.05) is 27.7 Å². The van der Waals surface area contributed by atoms with Crippen LogP contribution in [0.3, 0.4) is 0 Å². The van der Waals surface area contributed by atoms with Gasteiger partial charge in [-0.15, -0.1) is 0 Å². The lowest BCUT2D eigenvalue weighted by atomic mass is 10.3. The van der Waals surface area contributed by atoms with Gasteiger partial charge in [-0.2, -0.15) is 23.4 Å². The van der Waals surface area contributed by atoms with Crippen molar-refractivity contribution in [1.29, 1.82) is 0 Å². The minimum Gasteiger partial charge on any atom is -0.343 e. The molecule has 2 rings (SSSR count). The summed E-state index contributed by atoms with van der Waals surface area (Å²) in [6.07, 6.45) is -3.53. The highest BCUT2D eigenvalue weighted by Crippen LogP contribution is 2.36. The Morgan fingerprint density at radius 2 is 1.96 bits per heavy atom. The molecule has 2 heterocycles. The highest BCUT2D eigenvalue weighted by molar-refractivity contribution is 6.34. The van der Waals surface area contributed by atoms with E-state index < -0.39 is 34.4 Å². The summed E-state index contributed by atoms with van der Waals surface area (Å²) < 4.78 is 40.8. The molecule has 12 heteroatoms. The number of hydrogen-bond acceptors (Lipinski definition) is 4. The summed E-state index contributed by atoms with van der Waals surface area (Å²) in [4.78, 5) is 26.0. The summed E-state index contributed by atoms with van der Waals surface area (Å²) in [7, 11) is 4.07. The van der Waals surface area contributed by atoms with Crippen molar-refractivity contribution in [3.8, 4) is 0 Å². The zero-order chi connectivity index (χ0) is 19.8. The second kappa shape index (κ2) is 6.98. The number of amides is 2. The molecule has 2 aromatic heterocycles. The molecular formula is C14H16ClF3N6O2. The van der Waals surface area contributed by atoms with Gasteiger partial charge in [-0.25, -0.2) is 0 Å². The first-order valence-electron chi connectivity index (χ1n) is 7.37. The fraction of sp³-hybridized carbons (Fsp3) is 0.429. The van der Waals surface area contributed by atoms with Crippen LogP contribution in [0.25, 0.3) is 0 Å². The third-order valence-corrected chi connectivity index (χ3v) is 3.83. The molecule has 8 nitrogen and oxygen atoms in total. The molecule has 2 aromatic rings. The lowest BCUT2D eigenvalue weighted by Crippen LogP contribution is -2.26. The van der Waals surface area contributed by atoms with Gasteiger partial charge >= 0.3 is 6.18 Å². The zero-order valence-corrected chi connectivity index (χ0v) is 15.1. The van der Waals surface area contributed by atoms with Crippen LogP contribution in [0.4, 0.5) is 18.9 Å². The van der Waals surface area contributed by atoms with Gasteiger partial charge in [0.2, 0.25) is 0 Å². The summed E-state index contributed by atoms with van der Waals surface area (Å²) >= 11 is 5.70. The van der Waals surface area contributed by atoms with E-state index >= 15 is 0 Å². The largest absolute Gasteiger partial charge is 0.434 e. The number of aryl methyl sites for hydroxylation is 2. The number of carbonyl (C=O) groups excluding carboxylic acids is 2. The van der Waals surface area contributed by atoms with Crippen molar-refractivity contribution < 1.29 is 22.8 Å². The van der Waals surface area contributed by atoms with Gasteiger partial charge in [-0.05, 0) is 6.92 Å². The van der Waals surface area contributed by atoms with Gasteiger partial charge in [0.05, 0.1) is 11.9 Å². The van der Waals surface area contributed by atoms with Crippen LogP contribution >= 0.6 is 11.6 Å². The third-order valence-electron chi connectivity index (χ3n) is 3.47. The second-order valence-corrected chi connectivity index (χ2v) is 5.89. The fourth-order valence-corrected chi connectivity index (χ4v) is 2.64. The maximum atomic E-state index is 13.0. The van der Waals surface area contributed by atoms with Crippen LogP contribution in [-0.2, 0) is 19.8 Å².